The van der Waals surface area contributed by atoms with Gasteiger partial charge in [0.1, 0.15) is 0 Å². The number of carbonyl (C=O) groups excluding carboxylic acids is 1. The van der Waals surface area contributed by atoms with Gasteiger partial charge in [0.05, 0.1) is 6.61 Å². The average Bonchev–Trinajstić information content (AvgIpc) is 2.25. The number of carboxylic acid groups (broad SMARTS) is 1. The van der Waals surface area contributed by atoms with Crippen LogP contribution >= 0.6 is 11.8 Å². The number of carboxylic acids is 1. The van der Waals surface area contributed by atoms with Gasteiger partial charge in [-0.25, -0.2) is 9.59 Å². The molecule has 1 aliphatic rings. The Morgan fingerprint density at radius 3 is 2.81 bits per heavy atom. The number of hydrogen-bond donors (Lipinski definition) is 3. The molecule has 92 valence electrons. The molecule has 1 saturated heterocycles. The number of aliphatic hydroxyl groups is 1. The molecule has 0 aromatic rings. The Morgan fingerprint density at radius 1 is 1.62 bits per heavy atom. The number of nitrogens with zero attached hydrogens (tertiary/aromatic N) is 1. The fraction of sp³-hybridized carbons (Fsp3) is 0.778. The molecule has 2 atom stereocenters. The van der Waals surface area contributed by atoms with Crippen molar-refractivity contribution in [3.63, 3.8) is 0 Å². The summed E-state index contributed by atoms with van der Waals surface area (Å²) in [6.45, 7) is 2.64. The van der Waals surface area contributed by atoms with Crippen LogP contribution in [0.3, 0.4) is 0 Å². The minimum absolute atomic E-state index is 0.358. The van der Waals surface area contributed by atoms with E-state index in [-0.39, 0.29) is 0 Å². The summed E-state index contributed by atoms with van der Waals surface area (Å²) in [5.41, 5.74) is 0. The van der Waals surface area contributed by atoms with Crippen LogP contribution in [-0.2, 0) is 4.79 Å². The summed E-state index contributed by atoms with van der Waals surface area (Å²) < 4.78 is 0. The molecule has 2 amide bonds. The van der Waals surface area contributed by atoms with E-state index in [0.717, 1.165) is 5.75 Å². The topological polar surface area (TPSA) is 89.9 Å². The molecule has 1 fully saturated rings. The summed E-state index contributed by atoms with van der Waals surface area (Å²) in [5, 5.41) is 20.1. The Hall–Kier alpha value is -0.950. The van der Waals surface area contributed by atoms with Crippen LogP contribution < -0.4 is 5.32 Å². The van der Waals surface area contributed by atoms with Gasteiger partial charge in [-0.2, -0.15) is 11.8 Å². The fourth-order valence-corrected chi connectivity index (χ4v) is 2.44. The van der Waals surface area contributed by atoms with Crippen LogP contribution in [0, 0.1) is 0 Å². The Morgan fingerprint density at radius 2 is 2.31 bits per heavy atom. The van der Waals surface area contributed by atoms with Crippen molar-refractivity contribution in [3.8, 4) is 0 Å². The quantitative estimate of drug-likeness (QED) is 0.631. The lowest BCUT2D eigenvalue weighted by atomic mass is 10.3. The number of rotatable bonds is 3. The third-order valence-corrected chi connectivity index (χ3v) is 3.44. The first-order chi connectivity index (χ1) is 7.54. The largest absolute Gasteiger partial charge is 0.480 e. The molecule has 7 heteroatoms. The molecule has 0 bridgehead atoms. The average molecular weight is 248 g/mol. The van der Waals surface area contributed by atoms with Crippen molar-refractivity contribution in [1.82, 2.24) is 10.2 Å². The van der Waals surface area contributed by atoms with E-state index in [1.54, 1.807) is 16.7 Å². The standard InChI is InChI=1S/C9H16N2O4S/c1-6-4-11(2-3-16-6)9(15)10-7(5-12)8(13)14/h6-7,12H,2-5H2,1H3,(H,10,15)(H,13,14)/t6?,7-/m1/s1. The van der Waals surface area contributed by atoms with Crippen LogP contribution in [-0.4, -0.2) is 63.9 Å². The number of carbonyl (C=O) groups is 2. The summed E-state index contributed by atoms with van der Waals surface area (Å²) in [4.78, 5) is 23.8. The van der Waals surface area contributed by atoms with E-state index in [0.29, 0.717) is 18.3 Å². The highest BCUT2D eigenvalue weighted by atomic mass is 32.2. The molecule has 0 aromatic carbocycles. The highest BCUT2D eigenvalue weighted by molar-refractivity contribution is 7.99. The second-order valence-corrected chi connectivity index (χ2v) is 5.20. The maximum Gasteiger partial charge on any atom is 0.328 e. The van der Waals surface area contributed by atoms with E-state index >= 15 is 0 Å². The van der Waals surface area contributed by atoms with E-state index in [2.05, 4.69) is 5.32 Å². The fourth-order valence-electron chi connectivity index (χ4n) is 1.43. The van der Waals surface area contributed by atoms with Crippen LogP contribution in [0.4, 0.5) is 4.79 Å². The molecular formula is C9H16N2O4S. The van der Waals surface area contributed by atoms with E-state index in [4.69, 9.17) is 10.2 Å². The van der Waals surface area contributed by atoms with Crippen molar-refractivity contribution in [2.45, 2.75) is 18.2 Å². The molecule has 1 heterocycles. The molecule has 16 heavy (non-hydrogen) atoms. The normalized spacial score (nSPS) is 22.6. The van der Waals surface area contributed by atoms with Gasteiger partial charge in [-0.05, 0) is 0 Å². The highest BCUT2D eigenvalue weighted by Gasteiger charge is 2.25. The van der Waals surface area contributed by atoms with E-state index in [1.165, 1.54) is 0 Å². The van der Waals surface area contributed by atoms with Crippen molar-refractivity contribution in [2.75, 3.05) is 25.4 Å². The van der Waals surface area contributed by atoms with Crippen molar-refractivity contribution in [3.05, 3.63) is 0 Å². The van der Waals surface area contributed by atoms with Gasteiger partial charge in [-0.15, -0.1) is 0 Å². The van der Waals surface area contributed by atoms with Gasteiger partial charge in [-0.1, -0.05) is 6.92 Å². The molecule has 0 aliphatic carbocycles. The van der Waals surface area contributed by atoms with Crippen LogP contribution in [0.25, 0.3) is 0 Å². The summed E-state index contributed by atoms with van der Waals surface area (Å²) in [6, 6.07) is -1.65. The minimum atomic E-state index is -1.23. The number of aliphatic carboxylic acids is 1. The number of urea groups is 1. The number of aliphatic hydroxyl groups excluding tert-OH is 1. The Balaban J connectivity index is 2.47. The third kappa shape index (κ3) is 3.57. The zero-order valence-electron chi connectivity index (χ0n) is 9.05. The molecule has 0 saturated carbocycles. The lowest BCUT2D eigenvalue weighted by Gasteiger charge is -2.31. The first kappa shape index (κ1) is 13.1. The first-order valence-corrected chi connectivity index (χ1v) is 6.10. The summed E-state index contributed by atoms with van der Waals surface area (Å²) >= 11 is 1.78. The summed E-state index contributed by atoms with van der Waals surface area (Å²) in [7, 11) is 0. The van der Waals surface area contributed by atoms with Crippen molar-refractivity contribution in [2.24, 2.45) is 0 Å². The van der Waals surface area contributed by atoms with Crippen LogP contribution in [0.5, 0.6) is 0 Å². The zero-order valence-corrected chi connectivity index (χ0v) is 9.87. The molecule has 1 unspecified atom stereocenters. The Bertz CT molecular complexity index is 274. The maximum absolute atomic E-state index is 11.6. The molecule has 6 nitrogen and oxygen atoms in total. The number of nitrogens with one attached hydrogen (secondary N) is 1. The summed E-state index contributed by atoms with van der Waals surface area (Å²) in [5.74, 6) is -0.374. The first-order valence-electron chi connectivity index (χ1n) is 5.05. The predicted molar refractivity (Wildman–Crippen MR) is 60.5 cm³/mol. The van der Waals surface area contributed by atoms with E-state index in [9.17, 15) is 9.59 Å². The Kier molecular flexibility index (Phi) is 4.88. The van der Waals surface area contributed by atoms with Gasteiger partial charge in [0.2, 0.25) is 0 Å². The SMILES string of the molecule is CC1CN(C(=O)N[C@H](CO)C(=O)O)CCS1. The molecule has 0 aromatic heterocycles. The molecule has 1 aliphatic heterocycles. The van der Waals surface area contributed by atoms with Gasteiger partial charge < -0.3 is 20.4 Å². The van der Waals surface area contributed by atoms with Gasteiger partial charge in [-0.3, -0.25) is 0 Å². The van der Waals surface area contributed by atoms with Crippen LogP contribution in [0.15, 0.2) is 0 Å². The third-order valence-electron chi connectivity index (χ3n) is 2.31. The van der Waals surface area contributed by atoms with E-state index < -0.39 is 24.6 Å². The van der Waals surface area contributed by atoms with E-state index in [1.807, 2.05) is 6.92 Å². The monoisotopic (exact) mass is 248 g/mol. The highest BCUT2D eigenvalue weighted by Crippen LogP contribution is 2.17. The van der Waals surface area contributed by atoms with Gasteiger partial charge in [0.25, 0.3) is 0 Å². The van der Waals surface area contributed by atoms with Crippen molar-refractivity contribution < 1.29 is 19.8 Å². The molecule has 3 N–H and O–H groups in total. The second-order valence-electron chi connectivity index (χ2n) is 3.65. The Labute approximate surface area is 98.0 Å². The van der Waals surface area contributed by atoms with Crippen LogP contribution in [0.2, 0.25) is 0 Å². The van der Waals surface area contributed by atoms with Crippen molar-refractivity contribution >= 4 is 23.8 Å². The smallest absolute Gasteiger partial charge is 0.328 e. The molecule has 1 rings (SSSR count). The van der Waals surface area contributed by atoms with Crippen LogP contribution in [0.1, 0.15) is 6.92 Å². The number of hydrogen-bond acceptors (Lipinski definition) is 4. The molecule has 0 spiro atoms. The second kappa shape index (κ2) is 5.95. The lowest BCUT2D eigenvalue weighted by molar-refractivity contribution is -0.140. The number of amides is 2. The maximum atomic E-state index is 11.6. The lowest BCUT2D eigenvalue weighted by Crippen LogP contribution is -2.52. The van der Waals surface area contributed by atoms with Gasteiger partial charge >= 0.3 is 12.0 Å². The molecular weight excluding hydrogens is 232 g/mol. The zero-order chi connectivity index (χ0) is 12.1. The minimum Gasteiger partial charge on any atom is -0.480 e. The van der Waals surface area contributed by atoms with Gasteiger partial charge in [0, 0.05) is 24.1 Å². The summed E-state index contributed by atoms with van der Waals surface area (Å²) in [6.07, 6.45) is 0. The molecule has 0 radical (unpaired) electrons. The number of thioether (sulfide) groups is 1. The predicted octanol–water partition coefficient (Wildman–Crippen LogP) is -0.421. The van der Waals surface area contributed by atoms with Gasteiger partial charge in [0.15, 0.2) is 6.04 Å². The van der Waals surface area contributed by atoms with Crippen molar-refractivity contribution in [1.29, 1.82) is 0 Å².